The molecule has 0 radical (unpaired) electrons. The molecule has 19 heavy (non-hydrogen) atoms. The zero-order chi connectivity index (χ0) is 13.8. The van der Waals surface area contributed by atoms with Gasteiger partial charge in [-0.05, 0) is 32.9 Å². The Hall–Kier alpha value is -1.26. The van der Waals surface area contributed by atoms with E-state index in [9.17, 15) is 5.11 Å². The Balaban J connectivity index is 2.02. The van der Waals surface area contributed by atoms with Crippen molar-refractivity contribution in [1.29, 1.82) is 0 Å². The molecule has 1 heterocycles. The third-order valence-electron chi connectivity index (χ3n) is 3.22. The number of fused-ring (bicyclic) bond motifs is 1. The molecule has 0 aromatic heterocycles. The zero-order valence-electron chi connectivity index (χ0n) is 11.9. The van der Waals surface area contributed by atoms with Gasteiger partial charge >= 0.3 is 0 Å². The predicted molar refractivity (Wildman–Crippen MR) is 75.8 cm³/mol. The van der Waals surface area contributed by atoms with E-state index in [-0.39, 0.29) is 12.1 Å². The maximum Gasteiger partial charge on any atom is 0.142 e. The lowest BCUT2D eigenvalue weighted by Gasteiger charge is -2.37. The van der Waals surface area contributed by atoms with Crippen molar-refractivity contribution < 1.29 is 14.6 Å². The maximum atomic E-state index is 10.1. The molecule has 2 atom stereocenters. The summed E-state index contributed by atoms with van der Waals surface area (Å²) in [7, 11) is 0. The van der Waals surface area contributed by atoms with Crippen molar-refractivity contribution in [3.8, 4) is 5.75 Å². The Morgan fingerprint density at radius 3 is 2.89 bits per heavy atom. The van der Waals surface area contributed by atoms with Gasteiger partial charge in [0.2, 0.25) is 0 Å². The molecular weight excluding hydrogens is 242 g/mol. The number of hydrogen-bond donors (Lipinski definition) is 1. The summed E-state index contributed by atoms with van der Waals surface area (Å²) in [4.78, 5) is 2.19. The average Bonchev–Trinajstić information content (AvgIpc) is 2.40. The number of rotatable bonds is 5. The van der Waals surface area contributed by atoms with E-state index in [0.717, 1.165) is 11.4 Å². The van der Waals surface area contributed by atoms with Crippen molar-refractivity contribution in [3.05, 3.63) is 24.3 Å². The molecule has 0 fully saturated rings. The van der Waals surface area contributed by atoms with Gasteiger partial charge in [-0.1, -0.05) is 12.1 Å². The van der Waals surface area contributed by atoms with E-state index in [1.54, 1.807) is 0 Å². The highest BCUT2D eigenvalue weighted by Gasteiger charge is 2.25. The SMILES string of the molecule is CC(C)OCC(O)CN1c2ccccc2OCC1C. The van der Waals surface area contributed by atoms with E-state index < -0.39 is 6.10 Å². The number of aliphatic hydroxyl groups excluding tert-OH is 1. The number of para-hydroxylation sites is 2. The number of hydrogen-bond acceptors (Lipinski definition) is 4. The second-order valence-electron chi connectivity index (χ2n) is 5.32. The molecule has 0 saturated heterocycles. The van der Waals surface area contributed by atoms with Gasteiger partial charge < -0.3 is 19.5 Å². The molecule has 0 bridgehead atoms. The molecule has 4 nitrogen and oxygen atoms in total. The first kappa shape index (κ1) is 14.2. The number of ether oxygens (including phenoxy) is 2. The first-order valence-electron chi connectivity index (χ1n) is 6.86. The molecule has 0 aliphatic carbocycles. The van der Waals surface area contributed by atoms with Crippen molar-refractivity contribution in [2.75, 3.05) is 24.7 Å². The van der Waals surface area contributed by atoms with Crippen molar-refractivity contribution in [1.82, 2.24) is 0 Å². The molecular formula is C15H23NO3. The number of β-amino-alcohol motifs (C(OH)–C–C–N with tert-alkyl or cyclic N) is 1. The van der Waals surface area contributed by atoms with E-state index in [4.69, 9.17) is 9.47 Å². The van der Waals surface area contributed by atoms with Gasteiger partial charge in [-0.2, -0.15) is 0 Å². The Morgan fingerprint density at radius 2 is 2.16 bits per heavy atom. The largest absolute Gasteiger partial charge is 0.489 e. The van der Waals surface area contributed by atoms with Crippen LogP contribution >= 0.6 is 0 Å². The van der Waals surface area contributed by atoms with Crippen LogP contribution in [0.1, 0.15) is 20.8 Å². The first-order valence-corrected chi connectivity index (χ1v) is 6.86. The zero-order valence-corrected chi connectivity index (χ0v) is 11.9. The van der Waals surface area contributed by atoms with Gasteiger partial charge in [-0.25, -0.2) is 0 Å². The molecule has 0 saturated carbocycles. The van der Waals surface area contributed by atoms with Crippen LogP contribution in [0, 0.1) is 0 Å². The summed E-state index contributed by atoms with van der Waals surface area (Å²) in [5.41, 5.74) is 1.05. The van der Waals surface area contributed by atoms with Gasteiger partial charge in [-0.3, -0.25) is 0 Å². The topological polar surface area (TPSA) is 41.9 Å². The fourth-order valence-corrected chi connectivity index (χ4v) is 2.22. The third kappa shape index (κ3) is 3.61. The molecule has 4 heteroatoms. The normalized spacial score (nSPS) is 20.1. The minimum absolute atomic E-state index is 0.143. The van der Waals surface area contributed by atoms with Gasteiger partial charge in [-0.15, -0.1) is 0 Å². The molecule has 2 rings (SSSR count). The predicted octanol–water partition coefficient (Wildman–Crippen LogP) is 2.06. The molecule has 0 spiro atoms. The van der Waals surface area contributed by atoms with E-state index in [0.29, 0.717) is 19.8 Å². The number of aliphatic hydroxyl groups is 1. The molecule has 1 N–H and O–H groups in total. The van der Waals surface area contributed by atoms with Crippen LogP contribution in [0.15, 0.2) is 24.3 Å². The minimum Gasteiger partial charge on any atom is -0.489 e. The molecule has 1 aliphatic rings. The molecule has 1 aromatic rings. The molecule has 1 aromatic carbocycles. The van der Waals surface area contributed by atoms with E-state index in [1.165, 1.54) is 0 Å². The summed E-state index contributed by atoms with van der Waals surface area (Å²) < 4.78 is 11.2. The van der Waals surface area contributed by atoms with Crippen molar-refractivity contribution in [3.63, 3.8) is 0 Å². The van der Waals surface area contributed by atoms with Gasteiger partial charge in [0, 0.05) is 6.54 Å². The van der Waals surface area contributed by atoms with Gasteiger partial charge in [0.15, 0.2) is 0 Å². The monoisotopic (exact) mass is 265 g/mol. The lowest BCUT2D eigenvalue weighted by molar-refractivity contribution is 0.00774. The van der Waals surface area contributed by atoms with E-state index in [1.807, 2.05) is 38.1 Å². The first-order chi connectivity index (χ1) is 9.08. The highest BCUT2D eigenvalue weighted by Crippen LogP contribution is 2.33. The summed E-state index contributed by atoms with van der Waals surface area (Å²) in [5.74, 6) is 0.887. The highest BCUT2D eigenvalue weighted by molar-refractivity contribution is 5.60. The standard InChI is InChI=1S/C15H23NO3/c1-11(2)18-10-13(17)8-16-12(3)9-19-15-7-5-4-6-14(15)16/h4-7,11-13,17H,8-10H2,1-3H3. The van der Waals surface area contributed by atoms with Gasteiger partial charge in [0.05, 0.1) is 30.5 Å². The molecule has 2 unspecified atom stereocenters. The molecule has 1 aliphatic heterocycles. The Labute approximate surface area is 114 Å². The quantitative estimate of drug-likeness (QED) is 0.885. The van der Waals surface area contributed by atoms with E-state index >= 15 is 0 Å². The highest BCUT2D eigenvalue weighted by atomic mass is 16.5. The lowest BCUT2D eigenvalue weighted by atomic mass is 10.1. The average molecular weight is 265 g/mol. The van der Waals surface area contributed by atoms with Crippen LogP contribution in [-0.4, -0.2) is 43.1 Å². The second-order valence-corrected chi connectivity index (χ2v) is 5.32. The van der Waals surface area contributed by atoms with Crippen LogP contribution in [0.5, 0.6) is 5.75 Å². The van der Waals surface area contributed by atoms with Gasteiger partial charge in [0.1, 0.15) is 12.4 Å². The number of nitrogens with zero attached hydrogens (tertiary/aromatic N) is 1. The lowest BCUT2D eigenvalue weighted by Crippen LogP contribution is -2.46. The fraction of sp³-hybridized carbons (Fsp3) is 0.600. The van der Waals surface area contributed by atoms with Crippen LogP contribution in [0.25, 0.3) is 0 Å². The third-order valence-corrected chi connectivity index (χ3v) is 3.22. The van der Waals surface area contributed by atoms with Crippen LogP contribution in [0.2, 0.25) is 0 Å². The summed E-state index contributed by atoms with van der Waals surface area (Å²) in [6.45, 7) is 7.62. The van der Waals surface area contributed by atoms with Crippen molar-refractivity contribution >= 4 is 5.69 Å². The summed E-state index contributed by atoms with van der Waals surface area (Å²) in [6, 6.07) is 8.20. The molecule has 0 amide bonds. The van der Waals surface area contributed by atoms with Crippen molar-refractivity contribution in [2.45, 2.75) is 39.0 Å². The Kier molecular flexibility index (Phi) is 4.66. The Bertz CT molecular complexity index is 408. The van der Waals surface area contributed by atoms with E-state index in [2.05, 4.69) is 11.8 Å². The summed E-state index contributed by atoms with van der Waals surface area (Å²) in [5, 5.41) is 10.1. The number of anilines is 1. The summed E-state index contributed by atoms with van der Waals surface area (Å²) in [6.07, 6.45) is -0.347. The van der Waals surface area contributed by atoms with Crippen LogP contribution < -0.4 is 9.64 Å². The smallest absolute Gasteiger partial charge is 0.142 e. The van der Waals surface area contributed by atoms with Crippen LogP contribution in [0.4, 0.5) is 5.69 Å². The maximum absolute atomic E-state index is 10.1. The second kappa shape index (κ2) is 6.26. The Morgan fingerprint density at radius 1 is 1.42 bits per heavy atom. The van der Waals surface area contributed by atoms with Crippen LogP contribution in [-0.2, 0) is 4.74 Å². The number of benzene rings is 1. The minimum atomic E-state index is -0.490. The summed E-state index contributed by atoms with van der Waals surface area (Å²) >= 11 is 0. The fourth-order valence-electron chi connectivity index (χ4n) is 2.22. The molecule has 106 valence electrons. The van der Waals surface area contributed by atoms with Crippen molar-refractivity contribution in [2.24, 2.45) is 0 Å². The van der Waals surface area contributed by atoms with Gasteiger partial charge in [0.25, 0.3) is 0 Å². The van der Waals surface area contributed by atoms with Crippen LogP contribution in [0.3, 0.4) is 0 Å².